The molecule has 0 bridgehead atoms. The molecule has 2 rings (SSSR count). The third kappa shape index (κ3) is 3.19. The van der Waals surface area contributed by atoms with Crippen molar-refractivity contribution < 1.29 is 14.9 Å². The van der Waals surface area contributed by atoms with Gasteiger partial charge in [-0.25, -0.2) is 0 Å². The standard InChI is InChI=1S/C12H5Br5O3/c13-4-3-6(19)12(11(17)8(4)14)20-7-2-1-5(18)9(15)10(7)16/h1-3,18-19H. The van der Waals surface area contributed by atoms with E-state index in [2.05, 4.69) is 79.6 Å². The van der Waals surface area contributed by atoms with Crippen molar-refractivity contribution >= 4 is 79.6 Å². The number of aromatic hydroxyl groups is 2. The zero-order valence-electron chi connectivity index (χ0n) is 9.42. The van der Waals surface area contributed by atoms with E-state index in [-0.39, 0.29) is 17.2 Å². The Labute approximate surface area is 157 Å². The second kappa shape index (κ2) is 6.56. The summed E-state index contributed by atoms with van der Waals surface area (Å²) < 4.78 is 8.71. The summed E-state index contributed by atoms with van der Waals surface area (Å²) in [6, 6.07) is 4.60. The first kappa shape index (κ1) is 16.6. The summed E-state index contributed by atoms with van der Waals surface area (Å²) in [6.07, 6.45) is 0. The minimum absolute atomic E-state index is 0.0250. The van der Waals surface area contributed by atoms with Crippen molar-refractivity contribution in [2.24, 2.45) is 0 Å². The van der Waals surface area contributed by atoms with Gasteiger partial charge in [-0.1, -0.05) is 0 Å². The van der Waals surface area contributed by atoms with E-state index in [9.17, 15) is 10.2 Å². The van der Waals surface area contributed by atoms with Gasteiger partial charge in [0, 0.05) is 8.95 Å². The number of ether oxygens (including phenoxy) is 1. The van der Waals surface area contributed by atoms with Crippen LogP contribution in [0.4, 0.5) is 0 Å². The van der Waals surface area contributed by atoms with Crippen LogP contribution in [0.1, 0.15) is 0 Å². The molecule has 2 aromatic rings. The monoisotopic (exact) mass is 592 g/mol. The minimum Gasteiger partial charge on any atom is -0.507 e. The van der Waals surface area contributed by atoms with Gasteiger partial charge in [-0.2, -0.15) is 0 Å². The molecule has 0 aliphatic carbocycles. The van der Waals surface area contributed by atoms with E-state index in [1.165, 1.54) is 12.1 Å². The van der Waals surface area contributed by atoms with E-state index >= 15 is 0 Å². The fraction of sp³-hybridized carbons (Fsp3) is 0. The van der Waals surface area contributed by atoms with Crippen LogP contribution in [0.2, 0.25) is 0 Å². The lowest BCUT2D eigenvalue weighted by atomic mass is 10.3. The molecule has 0 fully saturated rings. The maximum Gasteiger partial charge on any atom is 0.184 e. The predicted molar refractivity (Wildman–Crippen MR) is 94.8 cm³/mol. The molecule has 0 amide bonds. The zero-order valence-corrected chi connectivity index (χ0v) is 17.4. The van der Waals surface area contributed by atoms with Gasteiger partial charge in [-0.3, -0.25) is 0 Å². The smallest absolute Gasteiger partial charge is 0.184 e. The van der Waals surface area contributed by atoms with Gasteiger partial charge in [0.1, 0.15) is 11.5 Å². The van der Waals surface area contributed by atoms with Gasteiger partial charge in [0.05, 0.1) is 13.4 Å². The van der Waals surface area contributed by atoms with Crippen LogP contribution < -0.4 is 4.74 Å². The van der Waals surface area contributed by atoms with Crippen molar-refractivity contribution in [1.29, 1.82) is 0 Å². The maximum absolute atomic E-state index is 9.99. The molecule has 0 unspecified atom stereocenters. The number of rotatable bonds is 2. The quantitative estimate of drug-likeness (QED) is 0.380. The molecule has 3 nitrogen and oxygen atoms in total. The summed E-state index contributed by atoms with van der Waals surface area (Å²) >= 11 is 16.6. The maximum atomic E-state index is 9.99. The minimum atomic E-state index is -0.0250. The molecule has 106 valence electrons. The van der Waals surface area contributed by atoms with Gasteiger partial charge in [0.15, 0.2) is 11.5 Å². The van der Waals surface area contributed by atoms with E-state index < -0.39 is 0 Å². The Balaban J connectivity index is 2.51. The molecular formula is C12H5Br5O3. The van der Waals surface area contributed by atoms with Gasteiger partial charge < -0.3 is 14.9 Å². The lowest BCUT2D eigenvalue weighted by Crippen LogP contribution is -1.90. The first-order valence-electron chi connectivity index (χ1n) is 5.04. The molecule has 0 saturated carbocycles. The first-order valence-corrected chi connectivity index (χ1v) is 9.00. The molecule has 0 aliphatic heterocycles. The summed E-state index contributed by atoms with van der Waals surface area (Å²) in [4.78, 5) is 0. The Morgan fingerprint density at radius 3 is 2.05 bits per heavy atom. The van der Waals surface area contributed by atoms with E-state index in [1.54, 1.807) is 6.07 Å². The van der Waals surface area contributed by atoms with Crippen molar-refractivity contribution in [3.63, 3.8) is 0 Å². The number of halogens is 5. The average Bonchev–Trinajstić information content (AvgIpc) is 2.41. The molecule has 0 spiro atoms. The second-order valence-corrected chi connectivity index (χ2v) is 7.67. The topological polar surface area (TPSA) is 49.7 Å². The third-order valence-corrected chi connectivity index (χ3v) is 7.73. The number of phenols is 2. The lowest BCUT2D eigenvalue weighted by molar-refractivity contribution is 0.405. The molecule has 20 heavy (non-hydrogen) atoms. The number of hydrogen-bond donors (Lipinski definition) is 2. The summed E-state index contributed by atoms with van der Waals surface area (Å²) in [6.45, 7) is 0. The first-order chi connectivity index (χ1) is 9.32. The molecular weight excluding hydrogens is 592 g/mol. The SMILES string of the molecule is Oc1ccc(Oc2c(O)cc(Br)c(Br)c2Br)c(Br)c1Br. The van der Waals surface area contributed by atoms with Crippen molar-refractivity contribution in [3.8, 4) is 23.0 Å². The molecule has 2 aromatic carbocycles. The fourth-order valence-corrected chi connectivity index (χ4v) is 3.59. The molecule has 8 heteroatoms. The molecule has 0 aromatic heterocycles. The highest BCUT2D eigenvalue weighted by molar-refractivity contribution is 9.14. The van der Waals surface area contributed by atoms with Crippen molar-refractivity contribution in [1.82, 2.24) is 0 Å². The molecule has 0 aliphatic rings. The average molecular weight is 597 g/mol. The summed E-state index contributed by atoms with van der Waals surface area (Å²) in [5.74, 6) is 0.769. The van der Waals surface area contributed by atoms with Crippen LogP contribution in [-0.4, -0.2) is 10.2 Å². The van der Waals surface area contributed by atoms with Crippen LogP contribution in [0.3, 0.4) is 0 Å². The second-order valence-electron chi connectivity index (χ2n) is 3.65. The summed E-state index contributed by atoms with van der Waals surface area (Å²) in [5.41, 5.74) is 0. The summed E-state index contributed by atoms with van der Waals surface area (Å²) in [5, 5.41) is 19.6. The Morgan fingerprint density at radius 2 is 1.40 bits per heavy atom. The molecule has 0 radical (unpaired) electrons. The van der Waals surface area contributed by atoms with E-state index in [0.717, 1.165) is 4.47 Å². The Bertz CT molecular complexity index is 688. The van der Waals surface area contributed by atoms with Crippen LogP contribution in [0, 0.1) is 0 Å². The normalized spacial score (nSPS) is 10.7. The van der Waals surface area contributed by atoms with E-state index in [0.29, 0.717) is 23.6 Å². The summed E-state index contributed by atoms with van der Waals surface area (Å²) in [7, 11) is 0. The highest BCUT2D eigenvalue weighted by Crippen LogP contribution is 2.48. The fourth-order valence-electron chi connectivity index (χ4n) is 1.37. The van der Waals surface area contributed by atoms with Crippen molar-refractivity contribution in [3.05, 3.63) is 40.6 Å². The number of phenolic OH excluding ortho intramolecular Hbond substituents is 2. The van der Waals surface area contributed by atoms with E-state index in [1.807, 2.05) is 0 Å². The van der Waals surface area contributed by atoms with Gasteiger partial charge in [-0.05, 0) is 97.8 Å². The molecule has 0 saturated heterocycles. The van der Waals surface area contributed by atoms with Gasteiger partial charge in [0.25, 0.3) is 0 Å². The third-order valence-electron chi connectivity index (χ3n) is 2.34. The predicted octanol–water partition coefficient (Wildman–Crippen LogP) is 6.70. The molecule has 0 atom stereocenters. The van der Waals surface area contributed by atoms with Crippen molar-refractivity contribution in [2.75, 3.05) is 0 Å². The van der Waals surface area contributed by atoms with E-state index in [4.69, 9.17) is 4.74 Å². The highest BCUT2D eigenvalue weighted by Gasteiger charge is 2.18. The largest absolute Gasteiger partial charge is 0.507 e. The zero-order chi connectivity index (χ0) is 15.0. The van der Waals surface area contributed by atoms with Gasteiger partial charge in [-0.15, -0.1) is 0 Å². The Morgan fingerprint density at radius 1 is 0.750 bits per heavy atom. The Kier molecular flexibility index (Phi) is 5.45. The lowest BCUT2D eigenvalue weighted by Gasteiger charge is -2.14. The van der Waals surface area contributed by atoms with Crippen LogP contribution in [0.25, 0.3) is 0 Å². The van der Waals surface area contributed by atoms with Crippen LogP contribution in [0.5, 0.6) is 23.0 Å². The van der Waals surface area contributed by atoms with Gasteiger partial charge >= 0.3 is 0 Å². The molecule has 2 N–H and O–H groups in total. The Hall–Kier alpha value is 0.240. The highest BCUT2D eigenvalue weighted by atomic mass is 79.9. The number of hydrogen-bond acceptors (Lipinski definition) is 3. The van der Waals surface area contributed by atoms with Crippen LogP contribution in [0.15, 0.2) is 40.6 Å². The van der Waals surface area contributed by atoms with Crippen molar-refractivity contribution in [2.45, 2.75) is 0 Å². The van der Waals surface area contributed by atoms with Crippen LogP contribution in [-0.2, 0) is 0 Å². The number of benzene rings is 2. The molecule has 0 heterocycles. The van der Waals surface area contributed by atoms with Gasteiger partial charge in [0.2, 0.25) is 0 Å². The van der Waals surface area contributed by atoms with Crippen LogP contribution >= 0.6 is 79.6 Å².